The van der Waals surface area contributed by atoms with Crippen LogP contribution in [-0.2, 0) is 11.2 Å². The first-order chi connectivity index (χ1) is 14.5. The summed E-state index contributed by atoms with van der Waals surface area (Å²) in [5, 5.41) is 2.70. The number of amides is 1. The molecule has 0 aliphatic heterocycles. The van der Waals surface area contributed by atoms with Crippen molar-refractivity contribution in [1.82, 2.24) is 10.3 Å². The molecule has 1 heterocycles. The molecule has 1 fully saturated rings. The van der Waals surface area contributed by atoms with Crippen molar-refractivity contribution in [3.63, 3.8) is 0 Å². The fourth-order valence-corrected chi connectivity index (χ4v) is 2.84. The lowest BCUT2D eigenvalue weighted by Crippen LogP contribution is -2.41. The van der Waals surface area contributed by atoms with Crippen molar-refractivity contribution in [2.24, 2.45) is 5.92 Å². The van der Waals surface area contributed by atoms with Crippen molar-refractivity contribution in [2.75, 3.05) is 0 Å². The molecule has 1 saturated carbocycles. The van der Waals surface area contributed by atoms with Crippen LogP contribution in [0.2, 0.25) is 0 Å². The van der Waals surface area contributed by atoms with Crippen LogP contribution in [0.1, 0.15) is 47.4 Å². The SMILES string of the molecule is CC(NC(=O)c1ccnc(CC(=O)C2CC2)c1)c1ccc(OC(F)(F)C(F)(F)F)cc1. The van der Waals surface area contributed by atoms with Crippen LogP contribution in [0.4, 0.5) is 22.0 Å². The van der Waals surface area contributed by atoms with Crippen molar-refractivity contribution in [2.45, 2.75) is 44.5 Å². The fraction of sp³-hybridized carbons (Fsp3) is 0.381. The molecule has 0 saturated heterocycles. The molecule has 10 heteroatoms. The van der Waals surface area contributed by atoms with Crippen LogP contribution in [0.25, 0.3) is 0 Å². The number of hydrogen-bond donors (Lipinski definition) is 1. The van der Waals surface area contributed by atoms with E-state index in [9.17, 15) is 31.5 Å². The number of Topliss-reactive ketones (excluding diaryl/α,β-unsaturated/α-hetero) is 1. The summed E-state index contributed by atoms with van der Waals surface area (Å²) in [7, 11) is 0. The van der Waals surface area contributed by atoms with Gasteiger partial charge in [0, 0.05) is 29.8 Å². The smallest absolute Gasteiger partial charge is 0.426 e. The van der Waals surface area contributed by atoms with Gasteiger partial charge in [0.2, 0.25) is 0 Å². The summed E-state index contributed by atoms with van der Waals surface area (Å²) in [4.78, 5) is 28.5. The monoisotopic (exact) mass is 442 g/mol. The zero-order valence-corrected chi connectivity index (χ0v) is 16.4. The zero-order chi connectivity index (χ0) is 22.8. The van der Waals surface area contributed by atoms with Crippen molar-refractivity contribution in [1.29, 1.82) is 0 Å². The average molecular weight is 442 g/mol. The second-order valence-corrected chi connectivity index (χ2v) is 7.33. The molecule has 1 aliphatic rings. The number of nitrogens with one attached hydrogen (secondary N) is 1. The summed E-state index contributed by atoms with van der Waals surface area (Å²) in [6.45, 7) is 1.62. The Bertz CT molecular complexity index is 956. The maximum atomic E-state index is 13.0. The number of halogens is 5. The van der Waals surface area contributed by atoms with E-state index in [1.54, 1.807) is 6.92 Å². The van der Waals surface area contributed by atoms with E-state index in [0.717, 1.165) is 25.0 Å². The Morgan fingerprint density at radius 3 is 2.35 bits per heavy atom. The van der Waals surface area contributed by atoms with Crippen LogP contribution in [0.3, 0.4) is 0 Å². The highest BCUT2D eigenvalue weighted by molar-refractivity contribution is 5.94. The summed E-state index contributed by atoms with van der Waals surface area (Å²) in [6, 6.07) is 6.92. The predicted octanol–water partition coefficient (Wildman–Crippen LogP) is 4.63. The minimum Gasteiger partial charge on any atom is -0.426 e. The Labute approximate surface area is 174 Å². The Balaban J connectivity index is 1.61. The highest BCUT2D eigenvalue weighted by Crippen LogP contribution is 2.37. The molecule has 0 radical (unpaired) electrons. The number of hydrogen-bond acceptors (Lipinski definition) is 4. The summed E-state index contributed by atoms with van der Waals surface area (Å²) in [5.74, 6) is -0.929. The highest BCUT2D eigenvalue weighted by atomic mass is 19.4. The molecular formula is C21H19F5N2O3. The van der Waals surface area contributed by atoms with E-state index in [1.807, 2.05) is 0 Å². The number of alkyl halides is 5. The summed E-state index contributed by atoms with van der Waals surface area (Å²) in [5.41, 5.74) is 1.25. The van der Waals surface area contributed by atoms with E-state index in [2.05, 4.69) is 15.0 Å². The third-order valence-corrected chi connectivity index (χ3v) is 4.77. The number of carbonyl (C=O) groups excluding carboxylic acids is 2. The fourth-order valence-electron chi connectivity index (χ4n) is 2.84. The molecule has 2 aromatic rings. The van der Waals surface area contributed by atoms with Gasteiger partial charge < -0.3 is 10.1 Å². The second kappa shape index (κ2) is 8.60. The maximum Gasteiger partial charge on any atom is 0.499 e. The van der Waals surface area contributed by atoms with Gasteiger partial charge in [0.15, 0.2) is 0 Å². The van der Waals surface area contributed by atoms with E-state index < -0.39 is 30.0 Å². The van der Waals surface area contributed by atoms with Gasteiger partial charge in [-0.2, -0.15) is 22.0 Å². The standard InChI is InChI=1S/C21H19F5N2O3/c1-12(13-4-6-17(7-5-13)31-21(25,26)20(22,23)24)28-19(30)15-8-9-27-16(10-15)11-18(29)14-2-3-14/h4-10,12,14H,2-3,11H2,1H3,(H,28,30). The van der Waals surface area contributed by atoms with Crippen LogP contribution in [-0.4, -0.2) is 29.0 Å². The van der Waals surface area contributed by atoms with Gasteiger partial charge in [0.1, 0.15) is 11.5 Å². The molecule has 1 amide bonds. The van der Waals surface area contributed by atoms with Gasteiger partial charge in [-0.05, 0) is 49.6 Å². The van der Waals surface area contributed by atoms with Gasteiger partial charge in [0.05, 0.1) is 6.04 Å². The third kappa shape index (κ3) is 5.77. The number of ether oxygens (including phenoxy) is 1. The molecule has 5 nitrogen and oxygen atoms in total. The average Bonchev–Trinajstić information content (AvgIpc) is 3.53. The van der Waals surface area contributed by atoms with Crippen molar-refractivity contribution < 1.29 is 36.3 Å². The number of carbonyl (C=O) groups is 2. The van der Waals surface area contributed by atoms with Crippen LogP contribution in [0, 0.1) is 5.92 Å². The minimum absolute atomic E-state index is 0.0855. The number of ketones is 1. The molecule has 31 heavy (non-hydrogen) atoms. The molecular weight excluding hydrogens is 423 g/mol. The highest BCUT2D eigenvalue weighted by Gasteiger charge is 2.61. The second-order valence-electron chi connectivity index (χ2n) is 7.33. The number of aromatic nitrogens is 1. The zero-order valence-electron chi connectivity index (χ0n) is 16.4. The lowest BCUT2D eigenvalue weighted by atomic mass is 10.1. The van der Waals surface area contributed by atoms with Crippen molar-refractivity contribution >= 4 is 11.7 Å². The molecule has 1 aromatic heterocycles. The van der Waals surface area contributed by atoms with Crippen LogP contribution < -0.4 is 10.1 Å². The minimum atomic E-state index is -5.83. The first kappa shape index (κ1) is 22.6. The summed E-state index contributed by atoms with van der Waals surface area (Å²) >= 11 is 0. The molecule has 1 unspecified atom stereocenters. The van der Waals surface area contributed by atoms with Crippen molar-refractivity contribution in [3.8, 4) is 5.75 Å². The van der Waals surface area contributed by atoms with Gasteiger partial charge in [-0.3, -0.25) is 14.6 Å². The van der Waals surface area contributed by atoms with E-state index in [0.29, 0.717) is 16.8 Å². The normalized spacial score (nSPS) is 15.3. The maximum absolute atomic E-state index is 13.0. The Hall–Kier alpha value is -3.04. The molecule has 1 aromatic carbocycles. The third-order valence-electron chi connectivity index (χ3n) is 4.77. The molecule has 0 spiro atoms. The lowest BCUT2D eigenvalue weighted by Gasteiger charge is -2.20. The van der Waals surface area contributed by atoms with Gasteiger partial charge in [0.25, 0.3) is 5.91 Å². The van der Waals surface area contributed by atoms with Crippen molar-refractivity contribution in [3.05, 3.63) is 59.4 Å². The van der Waals surface area contributed by atoms with E-state index in [4.69, 9.17) is 0 Å². The topological polar surface area (TPSA) is 68.3 Å². The number of nitrogens with zero attached hydrogens (tertiary/aromatic N) is 1. The number of rotatable bonds is 8. The first-order valence-corrected chi connectivity index (χ1v) is 9.48. The van der Waals surface area contributed by atoms with Gasteiger partial charge in [-0.25, -0.2) is 0 Å². The van der Waals surface area contributed by atoms with E-state index in [1.165, 1.54) is 30.5 Å². The summed E-state index contributed by atoms with van der Waals surface area (Å²) < 4.78 is 66.3. The first-order valence-electron chi connectivity index (χ1n) is 9.48. The van der Waals surface area contributed by atoms with Crippen LogP contribution in [0.5, 0.6) is 5.75 Å². The van der Waals surface area contributed by atoms with Gasteiger partial charge in [-0.15, -0.1) is 0 Å². The largest absolute Gasteiger partial charge is 0.499 e. The Morgan fingerprint density at radius 1 is 1.13 bits per heavy atom. The lowest BCUT2D eigenvalue weighted by molar-refractivity contribution is -0.360. The predicted molar refractivity (Wildman–Crippen MR) is 99.6 cm³/mol. The summed E-state index contributed by atoms with van der Waals surface area (Å²) in [6.07, 6.45) is -7.79. The Kier molecular flexibility index (Phi) is 6.28. The molecule has 1 aliphatic carbocycles. The number of benzene rings is 1. The number of pyridine rings is 1. The Morgan fingerprint density at radius 2 is 1.77 bits per heavy atom. The molecule has 166 valence electrons. The van der Waals surface area contributed by atoms with Gasteiger partial charge >= 0.3 is 12.3 Å². The van der Waals surface area contributed by atoms with E-state index in [-0.39, 0.29) is 18.1 Å². The molecule has 1 N–H and O–H groups in total. The van der Waals surface area contributed by atoms with Crippen LogP contribution >= 0.6 is 0 Å². The molecule has 1 atom stereocenters. The quantitative estimate of drug-likeness (QED) is 0.606. The van der Waals surface area contributed by atoms with Gasteiger partial charge in [-0.1, -0.05) is 12.1 Å². The molecule has 0 bridgehead atoms. The molecule has 3 rings (SSSR count). The van der Waals surface area contributed by atoms with Crippen LogP contribution in [0.15, 0.2) is 42.6 Å². The van der Waals surface area contributed by atoms with E-state index >= 15 is 0 Å².